The number of anilines is 2. The van der Waals surface area contributed by atoms with Crippen LogP contribution >= 0.6 is 11.6 Å². The molecular formula is C14H17ClN2O3S. The number of hydrogen-bond acceptors (Lipinski definition) is 4. The molecule has 2 aromatic rings. The molecule has 2 N–H and O–H groups in total. The lowest BCUT2D eigenvalue weighted by atomic mass is 10.3. The van der Waals surface area contributed by atoms with Crippen LogP contribution in [0.15, 0.2) is 34.7 Å². The predicted molar refractivity (Wildman–Crippen MR) is 85.3 cm³/mol. The second-order valence-electron chi connectivity index (χ2n) is 4.64. The Morgan fingerprint density at radius 2 is 1.90 bits per heavy atom. The molecule has 0 spiro atoms. The Labute approximate surface area is 129 Å². The standard InChI is InChI=1S/C14H17ClN2O3S/c1-3-11-5-6-12(20-11)9-16-10-4-7-14(13(15)8-10)17-21(2,18)19/h4-8,16-17H,3,9H2,1-2H3. The number of aryl methyl sites for hydroxylation is 1. The molecule has 114 valence electrons. The average molecular weight is 329 g/mol. The van der Waals surface area contributed by atoms with Crippen molar-refractivity contribution in [1.82, 2.24) is 0 Å². The lowest BCUT2D eigenvalue weighted by molar-refractivity contribution is 0.476. The van der Waals surface area contributed by atoms with Crippen LogP contribution in [-0.4, -0.2) is 14.7 Å². The molecule has 1 heterocycles. The first kappa shape index (κ1) is 15.7. The van der Waals surface area contributed by atoms with Crippen molar-refractivity contribution in [3.05, 3.63) is 46.9 Å². The molecule has 21 heavy (non-hydrogen) atoms. The zero-order valence-electron chi connectivity index (χ0n) is 11.8. The third-order valence-electron chi connectivity index (χ3n) is 2.80. The molecule has 1 aromatic carbocycles. The molecule has 7 heteroatoms. The zero-order valence-corrected chi connectivity index (χ0v) is 13.4. The maximum absolute atomic E-state index is 11.2. The molecule has 0 amide bonds. The smallest absolute Gasteiger partial charge is 0.229 e. The van der Waals surface area contributed by atoms with E-state index in [1.165, 1.54) is 0 Å². The molecular weight excluding hydrogens is 312 g/mol. The monoisotopic (exact) mass is 328 g/mol. The van der Waals surface area contributed by atoms with Gasteiger partial charge in [-0.3, -0.25) is 4.72 Å². The maximum Gasteiger partial charge on any atom is 0.229 e. The van der Waals surface area contributed by atoms with E-state index in [4.69, 9.17) is 16.0 Å². The van der Waals surface area contributed by atoms with Crippen LogP contribution in [0.4, 0.5) is 11.4 Å². The minimum atomic E-state index is -3.34. The van der Waals surface area contributed by atoms with Crippen molar-refractivity contribution in [3.63, 3.8) is 0 Å². The molecule has 0 bridgehead atoms. The van der Waals surface area contributed by atoms with Crippen LogP contribution in [0, 0.1) is 0 Å². The van der Waals surface area contributed by atoms with Gasteiger partial charge in [0.05, 0.1) is 23.5 Å². The Balaban J connectivity index is 2.03. The van der Waals surface area contributed by atoms with Crippen molar-refractivity contribution in [2.75, 3.05) is 16.3 Å². The number of sulfonamides is 1. The maximum atomic E-state index is 11.2. The average Bonchev–Trinajstić information content (AvgIpc) is 2.86. The van der Waals surface area contributed by atoms with Gasteiger partial charge in [0, 0.05) is 12.1 Å². The van der Waals surface area contributed by atoms with Gasteiger partial charge in [0.2, 0.25) is 10.0 Å². The Bertz CT molecular complexity index is 726. The van der Waals surface area contributed by atoms with Gasteiger partial charge in [-0.05, 0) is 30.3 Å². The van der Waals surface area contributed by atoms with Crippen molar-refractivity contribution in [2.24, 2.45) is 0 Å². The molecule has 5 nitrogen and oxygen atoms in total. The van der Waals surface area contributed by atoms with Crippen LogP contribution in [0.5, 0.6) is 0 Å². The van der Waals surface area contributed by atoms with Gasteiger partial charge in [-0.1, -0.05) is 18.5 Å². The highest BCUT2D eigenvalue weighted by Gasteiger charge is 2.07. The lowest BCUT2D eigenvalue weighted by Crippen LogP contribution is -2.10. The van der Waals surface area contributed by atoms with Gasteiger partial charge in [0.15, 0.2) is 0 Å². The number of nitrogens with one attached hydrogen (secondary N) is 2. The molecule has 1 aromatic heterocycles. The van der Waals surface area contributed by atoms with Gasteiger partial charge in [-0.15, -0.1) is 0 Å². The molecule has 0 aliphatic rings. The summed E-state index contributed by atoms with van der Waals surface area (Å²) in [7, 11) is -3.34. The van der Waals surface area contributed by atoms with Gasteiger partial charge in [0.25, 0.3) is 0 Å². The molecule has 0 saturated heterocycles. The van der Waals surface area contributed by atoms with E-state index in [1.54, 1.807) is 18.2 Å². The third-order valence-corrected chi connectivity index (χ3v) is 3.70. The lowest BCUT2D eigenvalue weighted by Gasteiger charge is -2.09. The van der Waals surface area contributed by atoms with Crippen molar-refractivity contribution in [2.45, 2.75) is 19.9 Å². The molecule has 2 rings (SSSR count). The Hall–Kier alpha value is -1.66. The first-order valence-electron chi connectivity index (χ1n) is 6.46. The van der Waals surface area contributed by atoms with Crippen molar-refractivity contribution < 1.29 is 12.8 Å². The number of rotatable bonds is 6. The van der Waals surface area contributed by atoms with E-state index >= 15 is 0 Å². The Kier molecular flexibility index (Phi) is 4.80. The highest BCUT2D eigenvalue weighted by Crippen LogP contribution is 2.26. The van der Waals surface area contributed by atoms with E-state index in [2.05, 4.69) is 10.0 Å². The quantitative estimate of drug-likeness (QED) is 0.851. The zero-order chi connectivity index (χ0) is 15.5. The molecule has 0 aliphatic carbocycles. The highest BCUT2D eigenvalue weighted by atomic mass is 35.5. The number of hydrogen-bond donors (Lipinski definition) is 2. The number of halogens is 1. The van der Waals surface area contributed by atoms with Gasteiger partial charge in [-0.2, -0.15) is 0 Å². The van der Waals surface area contributed by atoms with Gasteiger partial charge in [0.1, 0.15) is 11.5 Å². The Morgan fingerprint density at radius 1 is 1.19 bits per heavy atom. The molecule has 0 saturated carbocycles. The second-order valence-corrected chi connectivity index (χ2v) is 6.80. The number of furan rings is 1. The van der Waals surface area contributed by atoms with Crippen LogP contribution in [0.3, 0.4) is 0 Å². The summed E-state index contributed by atoms with van der Waals surface area (Å²) in [5, 5.41) is 3.51. The van der Waals surface area contributed by atoms with E-state index < -0.39 is 10.0 Å². The molecule has 0 unspecified atom stereocenters. The Morgan fingerprint density at radius 3 is 2.48 bits per heavy atom. The summed E-state index contributed by atoms with van der Waals surface area (Å²) in [5.41, 5.74) is 1.14. The van der Waals surface area contributed by atoms with E-state index in [1.807, 2.05) is 19.1 Å². The molecule has 0 atom stereocenters. The fraction of sp³-hybridized carbons (Fsp3) is 0.286. The summed E-state index contributed by atoms with van der Waals surface area (Å²) in [5.74, 6) is 1.78. The summed E-state index contributed by atoms with van der Waals surface area (Å²) in [4.78, 5) is 0. The molecule has 0 radical (unpaired) electrons. The summed E-state index contributed by atoms with van der Waals surface area (Å²) in [6.07, 6.45) is 1.94. The van der Waals surface area contributed by atoms with E-state index in [9.17, 15) is 8.42 Å². The highest BCUT2D eigenvalue weighted by molar-refractivity contribution is 7.92. The number of benzene rings is 1. The SMILES string of the molecule is CCc1ccc(CNc2ccc(NS(C)(=O)=O)c(Cl)c2)o1. The third kappa shape index (κ3) is 4.68. The van der Waals surface area contributed by atoms with Gasteiger partial charge in [-0.25, -0.2) is 8.42 Å². The van der Waals surface area contributed by atoms with Crippen LogP contribution in [0.2, 0.25) is 5.02 Å². The van der Waals surface area contributed by atoms with Crippen LogP contribution in [0.25, 0.3) is 0 Å². The largest absolute Gasteiger partial charge is 0.464 e. The van der Waals surface area contributed by atoms with Crippen LogP contribution < -0.4 is 10.0 Å². The topological polar surface area (TPSA) is 71.3 Å². The predicted octanol–water partition coefficient (Wildman–Crippen LogP) is 3.48. The minimum Gasteiger partial charge on any atom is -0.464 e. The van der Waals surface area contributed by atoms with Crippen molar-refractivity contribution in [1.29, 1.82) is 0 Å². The summed E-state index contributed by atoms with van der Waals surface area (Å²) >= 11 is 6.05. The van der Waals surface area contributed by atoms with E-state index in [0.717, 1.165) is 29.9 Å². The van der Waals surface area contributed by atoms with Gasteiger partial charge < -0.3 is 9.73 Å². The minimum absolute atomic E-state index is 0.333. The van der Waals surface area contributed by atoms with Crippen molar-refractivity contribution >= 4 is 33.0 Å². The van der Waals surface area contributed by atoms with Crippen molar-refractivity contribution in [3.8, 4) is 0 Å². The summed E-state index contributed by atoms with van der Waals surface area (Å²) < 4.78 is 30.3. The fourth-order valence-electron chi connectivity index (χ4n) is 1.80. The van der Waals surface area contributed by atoms with Gasteiger partial charge >= 0.3 is 0 Å². The first-order valence-corrected chi connectivity index (χ1v) is 8.73. The second kappa shape index (κ2) is 6.41. The van der Waals surface area contributed by atoms with Crippen LogP contribution in [0.1, 0.15) is 18.4 Å². The van der Waals surface area contributed by atoms with E-state index in [0.29, 0.717) is 17.3 Å². The first-order chi connectivity index (χ1) is 9.87. The fourth-order valence-corrected chi connectivity index (χ4v) is 2.67. The summed E-state index contributed by atoms with van der Waals surface area (Å²) in [6.45, 7) is 2.57. The molecule has 0 fully saturated rings. The van der Waals surface area contributed by atoms with Crippen LogP contribution in [-0.2, 0) is 23.0 Å². The van der Waals surface area contributed by atoms with E-state index in [-0.39, 0.29) is 0 Å². The normalized spacial score (nSPS) is 11.4. The molecule has 0 aliphatic heterocycles. The summed E-state index contributed by atoms with van der Waals surface area (Å²) in [6, 6.07) is 8.91.